The van der Waals surface area contributed by atoms with E-state index in [1.165, 1.54) is 0 Å². The lowest BCUT2D eigenvalue weighted by atomic mass is 10.1. The quantitative estimate of drug-likeness (QED) is 0.630. The first kappa shape index (κ1) is 16.7. The van der Waals surface area contributed by atoms with Crippen LogP contribution in [0.2, 0.25) is 5.02 Å². The summed E-state index contributed by atoms with van der Waals surface area (Å²) in [6, 6.07) is 8.39. The molecule has 0 bridgehead atoms. The molecule has 1 N–H and O–H groups in total. The molecule has 0 unspecified atom stereocenters. The second-order valence-corrected chi connectivity index (χ2v) is 8.35. The van der Waals surface area contributed by atoms with Crippen LogP contribution in [0.3, 0.4) is 0 Å². The van der Waals surface area contributed by atoms with Crippen LogP contribution in [0.25, 0.3) is 0 Å². The summed E-state index contributed by atoms with van der Waals surface area (Å²) in [7, 11) is -3.46. The van der Waals surface area contributed by atoms with Gasteiger partial charge in [-0.3, -0.25) is 10.1 Å². The molecule has 0 saturated carbocycles. The zero-order valence-electron chi connectivity index (χ0n) is 11.6. The molecule has 0 aliphatic carbocycles. The van der Waals surface area contributed by atoms with Gasteiger partial charge in [-0.1, -0.05) is 35.1 Å². The van der Waals surface area contributed by atoms with Gasteiger partial charge in [-0.05, 0) is 24.1 Å². The smallest absolute Gasteiger partial charge is 0.304 e. The van der Waals surface area contributed by atoms with E-state index in [0.717, 1.165) is 29.2 Å². The van der Waals surface area contributed by atoms with E-state index in [4.69, 9.17) is 11.6 Å². The molecule has 0 amide bonds. The normalized spacial score (nSPS) is 11.4. The number of nitrogens with zero attached hydrogens (tertiary/aromatic N) is 1. The number of hydrogen-bond donors (Lipinski definition) is 1. The highest BCUT2D eigenvalue weighted by Gasteiger charge is 2.23. The van der Waals surface area contributed by atoms with E-state index >= 15 is 0 Å². The molecule has 2 aromatic rings. The van der Waals surface area contributed by atoms with Crippen molar-refractivity contribution in [2.45, 2.75) is 10.6 Å². The zero-order chi connectivity index (χ0) is 16.3. The van der Waals surface area contributed by atoms with Gasteiger partial charge in [-0.15, -0.1) is 0 Å². The Morgan fingerprint density at radius 1 is 1.36 bits per heavy atom. The number of thiophene rings is 1. The first-order valence-electron chi connectivity index (χ1n) is 6.24. The summed E-state index contributed by atoms with van der Waals surface area (Å²) < 4.78 is 23.0. The summed E-state index contributed by atoms with van der Waals surface area (Å²) in [5, 5.41) is 14.8. The number of hydrogen-bond acceptors (Lipinski definition) is 6. The van der Waals surface area contributed by atoms with Gasteiger partial charge in [-0.2, -0.15) is 0 Å². The van der Waals surface area contributed by atoms with Gasteiger partial charge in [0.05, 0.1) is 4.92 Å². The van der Waals surface area contributed by atoms with Crippen LogP contribution in [0, 0.1) is 10.1 Å². The van der Waals surface area contributed by atoms with Crippen molar-refractivity contribution in [2.75, 3.05) is 18.1 Å². The number of benzene rings is 1. The van der Waals surface area contributed by atoms with Crippen molar-refractivity contribution >= 4 is 43.5 Å². The molecule has 118 valence electrons. The molecule has 1 aromatic carbocycles. The molecule has 0 aliphatic heterocycles. The van der Waals surface area contributed by atoms with Crippen LogP contribution in [-0.2, 0) is 16.3 Å². The largest absolute Gasteiger partial charge is 0.371 e. The molecule has 1 aromatic heterocycles. The van der Waals surface area contributed by atoms with E-state index in [9.17, 15) is 18.5 Å². The van der Waals surface area contributed by atoms with Crippen LogP contribution >= 0.6 is 22.9 Å². The van der Waals surface area contributed by atoms with Crippen LogP contribution in [0.5, 0.6) is 0 Å². The van der Waals surface area contributed by atoms with Gasteiger partial charge in [0.1, 0.15) is 4.21 Å². The van der Waals surface area contributed by atoms with E-state index in [0.29, 0.717) is 18.0 Å². The second kappa shape index (κ2) is 6.64. The van der Waals surface area contributed by atoms with Crippen molar-refractivity contribution in [2.24, 2.45) is 0 Å². The Morgan fingerprint density at radius 2 is 2.09 bits per heavy atom. The predicted octanol–water partition coefficient (Wildman–Crippen LogP) is 3.37. The molecular weight excluding hydrogens is 348 g/mol. The molecule has 0 atom stereocenters. The number of halogens is 1. The van der Waals surface area contributed by atoms with E-state index in [-0.39, 0.29) is 14.9 Å². The highest BCUT2D eigenvalue weighted by atomic mass is 35.5. The molecule has 22 heavy (non-hydrogen) atoms. The molecule has 0 radical (unpaired) electrons. The fourth-order valence-electron chi connectivity index (χ4n) is 1.82. The minimum atomic E-state index is -3.46. The summed E-state index contributed by atoms with van der Waals surface area (Å²) in [5.74, 6) is 0. The van der Waals surface area contributed by atoms with Crippen molar-refractivity contribution in [1.29, 1.82) is 0 Å². The number of nitro groups is 1. The Balaban J connectivity index is 2.12. The van der Waals surface area contributed by atoms with E-state index < -0.39 is 14.8 Å². The average Bonchev–Trinajstić information content (AvgIpc) is 2.83. The highest BCUT2D eigenvalue weighted by Crippen LogP contribution is 2.36. The first-order chi connectivity index (χ1) is 10.3. The molecule has 0 aliphatic rings. The Kier molecular flexibility index (Phi) is 5.05. The van der Waals surface area contributed by atoms with Gasteiger partial charge in [0, 0.05) is 23.9 Å². The Hall–Kier alpha value is -1.64. The Labute approximate surface area is 136 Å². The van der Waals surface area contributed by atoms with Crippen LogP contribution < -0.4 is 5.32 Å². The standard InChI is InChI=1S/C13H13ClN2O4S2/c1-22(19,20)12-8-11(16(17)18)13(21-12)15-6-5-9-3-2-4-10(14)7-9/h2-4,7-8,15H,5-6H2,1H3. The molecule has 9 heteroatoms. The third-order valence-corrected chi connectivity index (χ3v) is 5.96. The minimum Gasteiger partial charge on any atom is -0.371 e. The number of sulfone groups is 1. The fourth-order valence-corrected chi connectivity index (χ4v) is 4.00. The van der Waals surface area contributed by atoms with Gasteiger partial charge in [0.15, 0.2) is 14.8 Å². The molecule has 2 rings (SSSR count). The third kappa shape index (κ3) is 4.19. The summed E-state index contributed by atoms with van der Waals surface area (Å²) in [4.78, 5) is 10.4. The summed E-state index contributed by atoms with van der Waals surface area (Å²) in [6.07, 6.45) is 1.64. The Bertz CT molecular complexity index is 802. The fraction of sp³-hybridized carbons (Fsp3) is 0.231. The topological polar surface area (TPSA) is 89.3 Å². The number of nitrogens with one attached hydrogen (secondary N) is 1. The molecule has 0 fully saturated rings. The maximum absolute atomic E-state index is 11.5. The maximum Gasteiger partial charge on any atom is 0.304 e. The van der Waals surface area contributed by atoms with E-state index in [1.807, 2.05) is 18.2 Å². The van der Waals surface area contributed by atoms with Crippen LogP contribution in [0.1, 0.15) is 5.56 Å². The second-order valence-electron chi connectivity index (χ2n) is 4.62. The lowest BCUT2D eigenvalue weighted by molar-refractivity contribution is -0.383. The van der Waals surface area contributed by atoms with Crippen molar-refractivity contribution in [3.05, 3.63) is 51.0 Å². The van der Waals surface area contributed by atoms with Gasteiger partial charge >= 0.3 is 5.69 Å². The van der Waals surface area contributed by atoms with Gasteiger partial charge in [-0.25, -0.2) is 8.42 Å². The van der Waals surface area contributed by atoms with Crippen LogP contribution in [-0.4, -0.2) is 26.1 Å². The summed E-state index contributed by atoms with van der Waals surface area (Å²) in [5.41, 5.74) is 0.763. The van der Waals surface area contributed by atoms with Crippen molar-refractivity contribution < 1.29 is 13.3 Å². The molecule has 1 heterocycles. The monoisotopic (exact) mass is 360 g/mol. The number of rotatable bonds is 6. The third-order valence-electron chi connectivity index (χ3n) is 2.84. The van der Waals surface area contributed by atoms with Crippen molar-refractivity contribution in [3.63, 3.8) is 0 Å². The lowest BCUT2D eigenvalue weighted by Crippen LogP contribution is -2.05. The Morgan fingerprint density at radius 3 is 2.68 bits per heavy atom. The predicted molar refractivity (Wildman–Crippen MR) is 87.7 cm³/mol. The molecule has 0 spiro atoms. The maximum atomic E-state index is 11.5. The summed E-state index contributed by atoms with van der Waals surface area (Å²) in [6.45, 7) is 0.435. The average molecular weight is 361 g/mol. The number of anilines is 1. The molecular formula is C13H13ClN2O4S2. The SMILES string of the molecule is CS(=O)(=O)c1cc([N+](=O)[O-])c(NCCc2cccc(Cl)c2)s1. The molecule has 0 saturated heterocycles. The molecule has 6 nitrogen and oxygen atoms in total. The minimum absolute atomic E-state index is 0.0237. The van der Waals surface area contributed by atoms with Crippen LogP contribution in [0.4, 0.5) is 10.7 Å². The van der Waals surface area contributed by atoms with E-state index in [1.54, 1.807) is 6.07 Å². The van der Waals surface area contributed by atoms with Crippen LogP contribution in [0.15, 0.2) is 34.5 Å². The van der Waals surface area contributed by atoms with E-state index in [2.05, 4.69) is 5.32 Å². The lowest BCUT2D eigenvalue weighted by Gasteiger charge is -2.04. The van der Waals surface area contributed by atoms with Gasteiger partial charge < -0.3 is 5.32 Å². The van der Waals surface area contributed by atoms with Crippen molar-refractivity contribution in [1.82, 2.24) is 0 Å². The first-order valence-corrected chi connectivity index (χ1v) is 9.32. The van der Waals surface area contributed by atoms with Gasteiger partial charge in [0.2, 0.25) is 0 Å². The van der Waals surface area contributed by atoms with Crippen molar-refractivity contribution in [3.8, 4) is 0 Å². The summed E-state index contributed by atoms with van der Waals surface area (Å²) >= 11 is 6.75. The highest BCUT2D eigenvalue weighted by molar-refractivity contribution is 7.92. The van der Waals surface area contributed by atoms with Gasteiger partial charge in [0.25, 0.3) is 0 Å². The zero-order valence-corrected chi connectivity index (χ0v) is 14.0.